The number of carbonyl (C=O) groups excluding carboxylic acids is 2. The van der Waals surface area contributed by atoms with Crippen molar-refractivity contribution < 1.29 is 14.3 Å². The Kier molecular flexibility index (Phi) is 6.43. The molecule has 1 unspecified atom stereocenters. The zero-order valence-electron chi connectivity index (χ0n) is 18.1. The second-order valence-electron chi connectivity index (χ2n) is 7.64. The normalized spacial score (nSPS) is 15.6. The molecule has 1 saturated heterocycles. The number of hydrogen-bond acceptors (Lipinski definition) is 3. The van der Waals surface area contributed by atoms with Crippen LogP contribution in [0.25, 0.3) is 0 Å². The van der Waals surface area contributed by atoms with Gasteiger partial charge in [0.2, 0.25) is 5.91 Å². The van der Waals surface area contributed by atoms with Crippen molar-refractivity contribution in [1.29, 1.82) is 0 Å². The van der Waals surface area contributed by atoms with E-state index < -0.39 is 12.9 Å². The number of carbonyl (C=O) groups is 2. The number of ether oxygens (including phenoxy) is 1. The third kappa shape index (κ3) is 3.61. The molecule has 0 N–H and O–H groups in total. The first-order valence-electron chi connectivity index (χ1n) is 10.6. The number of β-lactam (4-membered cyclic amide) rings is 1. The summed E-state index contributed by atoms with van der Waals surface area (Å²) in [6, 6.07) is 29.9. The van der Waals surface area contributed by atoms with Crippen LogP contribution in [0.15, 0.2) is 104 Å². The lowest BCUT2D eigenvalue weighted by atomic mass is 9.99. The van der Waals surface area contributed by atoms with Crippen molar-refractivity contribution in [2.24, 2.45) is 0 Å². The van der Waals surface area contributed by atoms with E-state index in [0.717, 1.165) is 15.9 Å². The molecule has 4 nitrogen and oxygen atoms in total. The van der Waals surface area contributed by atoms with Crippen LogP contribution in [0.4, 0.5) is 0 Å². The Hall–Kier alpha value is -3.36. The van der Waals surface area contributed by atoms with E-state index in [2.05, 4.69) is 6.58 Å². The maximum absolute atomic E-state index is 13.6. The van der Waals surface area contributed by atoms with Gasteiger partial charge in [-0.25, -0.2) is 4.79 Å². The average Bonchev–Trinajstić information content (AvgIpc) is 2.85. The van der Waals surface area contributed by atoms with E-state index >= 15 is 0 Å². The monoisotopic (exact) mass is 443 g/mol. The molecule has 5 heteroatoms. The van der Waals surface area contributed by atoms with Crippen LogP contribution in [-0.2, 0) is 14.3 Å². The van der Waals surface area contributed by atoms with Gasteiger partial charge in [0, 0.05) is 19.3 Å². The summed E-state index contributed by atoms with van der Waals surface area (Å²) in [7, 11) is 1.38. The molecule has 1 aliphatic rings. The second-order valence-corrected chi connectivity index (χ2v) is 11.0. The van der Waals surface area contributed by atoms with E-state index in [0.29, 0.717) is 18.3 Å². The Morgan fingerprint density at radius 3 is 1.72 bits per heavy atom. The van der Waals surface area contributed by atoms with Gasteiger partial charge in [-0.2, -0.15) is 0 Å². The first kappa shape index (κ1) is 21.9. The molecule has 162 valence electrons. The van der Waals surface area contributed by atoms with Gasteiger partial charge in [0.15, 0.2) is 0 Å². The lowest BCUT2D eigenvalue weighted by molar-refractivity contribution is -0.143. The molecule has 0 radical (unpaired) electrons. The Morgan fingerprint density at radius 2 is 1.38 bits per heavy atom. The van der Waals surface area contributed by atoms with Gasteiger partial charge in [0.1, 0.15) is 5.42 Å². The first-order valence-corrected chi connectivity index (χ1v) is 12.4. The maximum Gasteiger partial charge on any atom is 0.355 e. The SMILES string of the molecule is C=CCC1CC(=O)N1C(C(=O)OC)=P(c1ccccc1)(c1ccccc1)c1ccccc1. The summed E-state index contributed by atoms with van der Waals surface area (Å²) in [6.07, 6.45) is 2.81. The van der Waals surface area contributed by atoms with E-state index in [1.54, 1.807) is 11.0 Å². The van der Waals surface area contributed by atoms with Crippen LogP contribution in [0, 0.1) is 0 Å². The largest absolute Gasteiger partial charge is 0.464 e. The zero-order chi connectivity index (χ0) is 22.6. The van der Waals surface area contributed by atoms with Crippen molar-refractivity contribution in [1.82, 2.24) is 4.90 Å². The predicted molar refractivity (Wildman–Crippen MR) is 132 cm³/mol. The van der Waals surface area contributed by atoms with Crippen LogP contribution in [-0.4, -0.2) is 35.3 Å². The quantitative estimate of drug-likeness (QED) is 0.243. The summed E-state index contributed by atoms with van der Waals surface area (Å²) in [6.45, 7) is 1.11. The van der Waals surface area contributed by atoms with Crippen molar-refractivity contribution >= 4 is 40.1 Å². The highest BCUT2D eigenvalue weighted by Crippen LogP contribution is 2.48. The Bertz CT molecular complexity index is 1070. The molecule has 32 heavy (non-hydrogen) atoms. The van der Waals surface area contributed by atoms with Crippen LogP contribution in [0.1, 0.15) is 12.8 Å². The summed E-state index contributed by atoms with van der Waals surface area (Å²) in [5, 5.41) is 2.99. The van der Waals surface area contributed by atoms with Crippen molar-refractivity contribution in [2.45, 2.75) is 18.9 Å². The number of likely N-dealkylation sites (tertiary alicyclic amines) is 1. The molecule has 4 rings (SSSR count). The predicted octanol–water partition coefficient (Wildman–Crippen LogP) is 3.46. The van der Waals surface area contributed by atoms with Gasteiger partial charge in [0.25, 0.3) is 0 Å². The molecule has 1 amide bonds. The highest BCUT2D eigenvalue weighted by Gasteiger charge is 2.46. The molecule has 0 aliphatic carbocycles. The first-order chi connectivity index (χ1) is 15.6. The van der Waals surface area contributed by atoms with Crippen LogP contribution in [0.2, 0.25) is 0 Å². The molecule has 0 spiro atoms. The van der Waals surface area contributed by atoms with Gasteiger partial charge in [-0.05, 0) is 22.3 Å². The van der Waals surface area contributed by atoms with Crippen LogP contribution < -0.4 is 15.9 Å². The zero-order valence-corrected chi connectivity index (χ0v) is 18.9. The van der Waals surface area contributed by atoms with Crippen LogP contribution in [0.5, 0.6) is 0 Å². The molecule has 3 aromatic rings. The number of benzene rings is 3. The van der Waals surface area contributed by atoms with Gasteiger partial charge >= 0.3 is 5.97 Å². The fraction of sp³-hybridized carbons (Fsp3) is 0.148. The summed E-state index contributed by atoms with van der Waals surface area (Å²) >= 11 is 0. The van der Waals surface area contributed by atoms with Gasteiger partial charge in [-0.1, -0.05) is 97.1 Å². The molecule has 0 saturated carbocycles. The maximum atomic E-state index is 13.6. The fourth-order valence-electron chi connectivity index (χ4n) is 4.41. The van der Waals surface area contributed by atoms with Crippen molar-refractivity contribution in [3.63, 3.8) is 0 Å². The van der Waals surface area contributed by atoms with Gasteiger partial charge in [-0.15, -0.1) is 6.58 Å². The number of rotatable bonds is 7. The minimum absolute atomic E-state index is 0.0654. The van der Waals surface area contributed by atoms with Crippen LogP contribution >= 0.6 is 6.89 Å². The fourth-order valence-corrected chi connectivity index (χ4v) is 8.86. The summed E-state index contributed by atoms with van der Waals surface area (Å²) < 4.78 is 5.35. The van der Waals surface area contributed by atoms with E-state index in [9.17, 15) is 9.59 Å². The number of esters is 1. The number of amides is 1. The smallest absolute Gasteiger partial charge is 0.355 e. The molecule has 0 bridgehead atoms. The Balaban J connectivity index is 2.23. The highest BCUT2D eigenvalue weighted by molar-refractivity contribution is 7.96. The van der Waals surface area contributed by atoms with Crippen molar-refractivity contribution in [2.75, 3.05) is 7.11 Å². The topological polar surface area (TPSA) is 46.6 Å². The molecule has 0 aromatic heterocycles. The molecule has 1 atom stereocenters. The van der Waals surface area contributed by atoms with E-state index in [1.807, 2.05) is 91.0 Å². The third-order valence-electron chi connectivity index (χ3n) is 5.83. The number of nitrogens with zero attached hydrogens (tertiary/aromatic N) is 1. The second kappa shape index (κ2) is 9.42. The minimum Gasteiger partial charge on any atom is -0.464 e. The third-order valence-corrected chi connectivity index (χ3v) is 10.1. The Morgan fingerprint density at radius 1 is 0.938 bits per heavy atom. The molecule has 1 aliphatic heterocycles. The molecule has 1 fully saturated rings. The van der Waals surface area contributed by atoms with Gasteiger partial charge in [-0.3, -0.25) is 4.79 Å². The number of methoxy groups -OCH3 is 1. The molecule has 1 heterocycles. The van der Waals surface area contributed by atoms with E-state index in [-0.39, 0.29) is 11.9 Å². The number of hydrogen-bond donors (Lipinski definition) is 0. The van der Waals surface area contributed by atoms with Crippen molar-refractivity contribution in [3.8, 4) is 0 Å². The molecule has 3 aromatic carbocycles. The van der Waals surface area contributed by atoms with Crippen molar-refractivity contribution in [3.05, 3.63) is 104 Å². The molecular formula is C27H26NO3P. The Labute approximate surface area is 189 Å². The van der Waals surface area contributed by atoms with Gasteiger partial charge in [0.05, 0.1) is 7.11 Å². The van der Waals surface area contributed by atoms with Crippen LogP contribution in [0.3, 0.4) is 0 Å². The molecular weight excluding hydrogens is 417 g/mol. The lowest BCUT2D eigenvalue weighted by Gasteiger charge is -2.44. The van der Waals surface area contributed by atoms with E-state index in [4.69, 9.17) is 4.74 Å². The summed E-state index contributed by atoms with van der Waals surface area (Å²) in [5.41, 5.74) is 0.423. The average molecular weight is 443 g/mol. The van der Waals surface area contributed by atoms with Gasteiger partial charge < -0.3 is 9.64 Å². The minimum atomic E-state index is -2.74. The lowest BCUT2D eigenvalue weighted by Crippen LogP contribution is -2.59. The summed E-state index contributed by atoms with van der Waals surface area (Å²) in [5.74, 6) is -0.540. The van der Waals surface area contributed by atoms with E-state index in [1.165, 1.54) is 7.11 Å². The highest BCUT2D eigenvalue weighted by atomic mass is 31.2. The summed E-state index contributed by atoms with van der Waals surface area (Å²) in [4.78, 5) is 28.2. The standard InChI is InChI=1S/C27H26NO3P/c1-3-13-21-20-25(29)28(21)26(27(30)31-2)32(22-14-7-4-8-15-22,23-16-9-5-10-17-23)24-18-11-6-12-19-24/h3-12,14-19,21H,1,13,20H2,2H3.